The summed E-state index contributed by atoms with van der Waals surface area (Å²) in [6.07, 6.45) is 0.131. The Morgan fingerprint density at radius 3 is 2.64 bits per heavy atom. The van der Waals surface area contributed by atoms with Gasteiger partial charge in [-0.15, -0.1) is 11.8 Å². The quantitative estimate of drug-likeness (QED) is 0.451. The maximum atomic E-state index is 14.3. The van der Waals surface area contributed by atoms with Gasteiger partial charge in [0, 0.05) is 4.90 Å². The van der Waals surface area contributed by atoms with E-state index in [1.165, 1.54) is 17.7 Å². The molecule has 8 heteroatoms. The van der Waals surface area contributed by atoms with Crippen LogP contribution >= 0.6 is 23.1 Å². The highest BCUT2D eigenvalue weighted by molar-refractivity contribution is 7.99. The third-order valence-electron chi connectivity index (χ3n) is 3.98. The second-order valence-corrected chi connectivity index (χ2v) is 8.24. The van der Waals surface area contributed by atoms with Crippen LogP contribution in [0.3, 0.4) is 0 Å². The van der Waals surface area contributed by atoms with Gasteiger partial charge in [-0.05, 0) is 35.6 Å². The first-order chi connectivity index (χ1) is 13.5. The van der Waals surface area contributed by atoms with Crippen molar-refractivity contribution in [2.45, 2.75) is 24.8 Å². The number of rotatable bonds is 6. The van der Waals surface area contributed by atoms with E-state index < -0.39 is 11.8 Å². The van der Waals surface area contributed by atoms with Gasteiger partial charge in [0.15, 0.2) is 4.80 Å². The first kappa shape index (κ1) is 20.3. The van der Waals surface area contributed by atoms with E-state index in [4.69, 9.17) is 4.74 Å². The van der Waals surface area contributed by atoms with E-state index in [2.05, 4.69) is 11.9 Å². The van der Waals surface area contributed by atoms with Gasteiger partial charge in [-0.3, -0.25) is 9.59 Å². The van der Waals surface area contributed by atoms with Crippen molar-refractivity contribution in [3.8, 4) is 0 Å². The first-order valence-corrected chi connectivity index (χ1v) is 10.5. The smallest absolute Gasteiger partial charge is 0.325 e. The Labute approximate surface area is 169 Å². The summed E-state index contributed by atoms with van der Waals surface area (Å²) >= 11 is 2.89. The molecule has 0 saturated heterocycles. The average Bonchev–Trinajstić information content (AvgIpc) is 3.01. The predicted molar refractivity (Wildman–Crippen MR) is 109 cm³/mol. The number of aromatic nitrogens is 1. The fraction of sp³-hybridized carbons (Fsp3) is 0.250. The zero-order chi connectivity index (χ0) is 20.1. The van der Waals surface area contributed by atoms with E-state index in [9.17, 15) is 14.0 Å². The van der Waals surface area contributed by atoms with Gasteiger partial charge >= 0.3 is 5.97 Å². The van der Waals surface area contributed by atoms with Crippen molar-refractivity contribution in [3.63, 3.8) is 0 Å². The third-order valence-corrected chi connectivity index (χ3v) is 5.91. The average molecular weight is 419 g/mol. The molecule has 5 nitrogen and oxygen atoms in total. The number of thioether (sulfide) groups is 1. The minimum absolute atomic E-state index is 0.131. The Bertz CT molecular complexity index is 1070. The van der Waals surface area contributed by atoms with Crippen molar-refractivity contribution in [3.05, 3.63) is 58.6 Å². The number of nitrogens with zero attached hydrogens (tertiary/aromatic N) is 2. The molecule has 28 heavy (non-hydrogen) atoms. The molecule has 0 aliphatic rings. The number of hydrogen-bond donors (Lipinski definition) is 0. The molecule has 146 valence electrons. The van der Waals surface area contributed by atoms with Gasteiger partial charge in [-0.2, -0.15) is 4.99 Å². The van der Waals surface area contributed by atoms with Gasteiger partial charge in [-0.1, -0.05) is 36.5 Å². The molecular formula is C20H19FN2O3S2. The Hall–Kier alpha value is -2.45. The number of carbonyl (C=O) groups excluding carboxylic acids is 2. The van der Waals surface area contributed by atoms with E-state index in [1.54, 1.807) is 23.9 Å². The lowest BCUT2D eigenvalue weighted by Crippen LogP contribution is -2.23. The normalized spacial score (nSPS) is 11.8. The lowest BCUT2D eigenvalue weighted by molar-refractivity contribution is -0.141. The number of carbonyl (C=O) groups is 2. The van der Waals surface area contributed by atoms with Crippen molar-refractivity contribution >= 4 is 45.2 Å². The minimum atomic E-state index is -0.541. The SMILES string of the molecule is CCSc1ccc(CC(=O)N=c2sc3cccc(F)c3n2CC(=O)OC)cc1. The lowest BCUT2D eigenvalue weighted by atomic mass is 10.1. The number of hydrogen-bond acceptors (Lipinski definition) is 5. The number of thiazole rings is 1. The van der Waals surface area contributed by atoms with Gasteiger partial charge in [0.05, 0.1) is 23.7 Å². The van der Waals surface area contributed by atoms with Crippen LogP contribution in [0.5, 0.6) is 0 Å². The van der Waals surface area contributed by atoms with E-state index in [1.807, 2.05) is 24.3 Å². The molecule has 1 heterocycles. The molecule has 0 unspecified atom stereocenters. The maximum absolute atomic E-state index is 14.3. The van der Waals surface area contributed by atoms with E-state index in [0.29, 0.717) is 4.70 Å². The molecule has 0 atom stereocenters. The molecule has 0 N–H and O–H groups in total. The highest BCUT2D eigenvalue weighted by Gasteiger charge is 2.15. The summed E-state index contributed by atoms with van der Waals surface area (Å²) in [5.74, 6) is -0.394. The van der Waals surface area contributed by atoms with Gasteiger partial charge in [0.1, 0.15) is 12.4 Å². The molecule has 1 aromatic heterocycles. The second kappa shape index (κ2) is 9.16. The van der Waals surface area contributed by atoms with Crippen molar-refractivity contribution in [2.75, 3.05) is 12.9 Å². The second-order valence-electron chi connectivity index (χ2n) is 5.89. The van der Waals surface area contributed by atoms with Crippen molar-refractivity contribution in [2.24, 2.45) is 4.99 Å². The highest BCUT2D eigenvalue weighted by Crippen LogP contribution is 2.21. The van der Waals surface area contributed by atoms with Crippen LogP contribution in [0.1, 0.15) is 12.5 Å². The molecule has 0 aliphatic heterocycles. The van der Waals surface area contributed by atoms with E-state index >= 15 is 0 Å². The number of para-hydroxylation sites is 1. The van der Waals surface area contributed by atoms with Crippen molar-refractivity contribution in [1.29, 1.82) is 0 Å². The summed E-state index contributed by atoms with van der Waals surface area (Å²) in [5, 5.41) is 0. The van der Waals surface area contributed by atoms with Crippen LogP contribution in [0.15, 0.2) is 52.4 Å². The number of esters is 1. The van der Waals surface area contributed by atoms with Gasteiger partial charge in [0.25, 0.3) is 5.91 Å². The zero-order valence-electron chi connectivity index (χ0n) is 15.5. The molecule has 3 aromatic rings. The molecule has 0 radical (unpaired) electrons. The summed E-state index contributed by atoms with van der Waals surface area (Å²) in [4.78, 5) is 29.8. The van der Waals surface area contributed by atoms with E-state index in [-0.39, 0.29) is 29.2 Å². The van der Waals surface area contributed by atoms with Crippen LogP contribution in [-0.2, 0) is 27.3 Å². The summed E-state index contributed by atoms with van der Waals surface area (Å²) in [6.45, 7) is 1.87. The minimum Gasteiger partial charge on any atom is -0.468 e. The largest absolute Gasteiger partial charge is 0.468 e. The Kier molecular flexibility index (Phi) is 6.64. The number of amides is 1. The molecule has 3 rings (SSSR count). The highest BCUT2D eigenvalue weighted by atomic mass is 32.2. The predicted octanol–water partition coefficient (Wildman–Crippen LogP) is 3.80. The van der Waals surface area contributed by atoms with Crippen LogP contribution in [0.4, 0.5) is 4.39 Å². The summed E-state index contributed by atoms with van der Waals surface area (Å²) in [5.41, 5.74) is 1.09. The number of fused-ring (bicyclic) bond motifs is 1. The maximum Gasteiger partial charge on any atom is 0.325 e. The first-order valence-electron chi connectivity index (χ1n) is 8.65. The van der Waals surface area contributed by atoms with Crippen LogP contribution in [0.25, 0.3) is 10.2 Å². The fourth-order valence-corrected chi connectivity index (χ4v) is 4.43. The monoisotopic (exact) mass is 418 g/mol. The third kappa shape index (κ3) is 4.69. The van der Waals surface area contributed by atoms with Crippen LogP contribution in [0.2, 0.25) is 0 Å². The summed E-state index contributed by atoms with van der Waals surface area (Å²) < 4.78 is 21.0. The van der Waals surface area contributed by atoms with Crippen molar-refractivity contribution in [1.82, 2.24) is 4.57 Å². The number of methoxy groups -OCH3 is 1. The van der Waals surface area contributed by atoms with Crippen LogP contribution in [-0.4, -0.2) is 29.3 Å². The molecule has 1 amide bonds. The number of benzene rings is 2. The Morgan fingerprint density at radius 2 is 1.96 bits per heavy atom. The molecule has 2 aromatic carbocycles. The molecule has 0 saturated carbocycles. The topological polar surface area (TPSA) is 60.7 Å². The lowest BCUT2D eigenvalue weighted by Gasteiger charge is -2.04. The zero-order valence-corrected chi connectivity index (χ0v) is 17.1. The summed E-state index contributed by atoms with van der Waals surface area (Å²) in [7, 11) is 1.26. The Morgan fingerprint density at radius 1 is 1.21 bits per heavy atom. The summed E-state index contributed by atoms with van der Waals surface area (Å²) in [6, 6.07) is 12.4. The molecule has 0 spiro atoms. The standard InChI is InChI=1S/C20H19FN2O3S2/c1-3-27-14-9-7-13(8-10-14)11-17(24)22-20-23(12-18(25)26-2)19-15(21)5-4-6-16(19)28-20/h4-10H,3,11-12H2,1-2H3. The molecule has 0 aliphatic carbocycles. The number of ether oxygens (including phenoxy) is 1. The van der Waals surface area contributed by atoms with Crippen molar-refractivity contribution < 1.29 is 18.7 Å². The van der Waals surface area contributed by atoms with E-state index in [0.717, 1.165) is 27.5 Å². The van der Waals surface area contributed by atoms with Gasteiger partial charge in [0.2, 0.25) is 0 Å². The van der Waals surface area contributed by atoms with Crippen LogP contribution in [0, 0.1) is 5.82 Å². The van der Waals surface area contributed by atoms with Crippen LogP contribution < -0.4 is 4.80 Å². The number of halogens is 1. The molecule has 0 bridgehead atoms. The fourth-order valence-electron chi connectivity index (χ4n) is 2.70. The molecule has 0 fully saturated rings. The Balaban J connectivity index is 1.93. The van der Waals surface area contributed by atoms with Gasteiger partial charge < -0.3 is 9.30 Å². The van der Waals surface area contributed by atoms with Gasteiger partial charge in [-0.25, -0.2) is 4.39 Å². The molecular weight excluding hydrogens is 399 g/mol.